The van der Waals surface area contributed by atoms with Gasteiger partial charge in [0.1, 0.15) is 5.82 Å². The number of aryl methyl sites for hydroxylation is 2. The van der Waals surface area contributed by atoms with Gasteiger partial charge in [-0.1, -0.05) is 17.7 Å². The Hall–Kier alpha value is -0.910. The van der Waals surface area contributed by atoms with Crippen LogP contribution in [-0.2, 0) is 13.0 Å². The van der Waals surface area contributed by atoms with Gasteiger partial charge in [-0.25, -0.2) is 4.39 Å². The lowest BCUT2D eigenvalue weighted by molar-refractivity contribution is 0.536. The molecule has 0 aliphatic rings. The molecule has 0 spiro atoms. The van der Waals surface area contributed by atoms with Crippen molar-refractivity contribution < 1.29 is 4.39 Å². The van der Waals surface area contributed by atoms with Crippen LogP contribution >= 0.6 is 27.5 Å². The summed E-state index contributed by atoms with van der Waals surface area (Å²) < 4.78 is 16.1. The summed E-state index contributed by atoms with van der Waals surface area (Å²) in [5, 5.41) is 8.33. The summed E-state index contributed by atoms with van der Waals surface area (Å²) in [6.07, 6.45) is 0.658. The van der Waals surface area contributed by atoms with Gasteiger partial charge in [0.05, 0.1) is 20.9 Å². The van der Waals surface area contributed by atoms with Crippen LogP contribution in [0.25, 0.3) is 0 Å². The molecule has 0 bridgehead atoms. The van der Waals surface area contributed by atoms with Crippen LogP contribution in [0.2, 0.25) is 5.02 Å². The Morgan fingerprint density at radius 3 is 2.76 bits per heavy atom. The van der Waals surface area contributed by atoms with E-state index >= 15 is 0 Å². The summed E-state index contributed by atoms with van der Waals surface area (Å²) in [6.45, 7) is 4.68. The molecular weight excluding hydrogens is 357 g/mol. The molecule has 1 N–H and O–H groups in total. The lowest BCUT2D eigenvalue weighted by atomic mass is 10.0. The maximum Gasteiger partial charge on any atom is 0.137 e. The molecule has 21 heavy (non-hydrogen) atoms. The smallest absolute Gasteiger partial charge is 0.137 e. The molecule has 1 aromatic carbocycles. The van der Waals surface area contributed by atoms with E-state index in [0.717, 1.165) is 23.5 Å². The highest BCUT2D eigenvalue weighted by atomic mass is 79.9. The molecule has 0 aliphatic heterocycles. The van der Waals surface area contributed by atoms with Crippen LogP contribution in [0, 0.1) is 12.7 Å². The fraction of sp³-hybridized carbons (Fsp3) is 0.400. The molecule has 0 radical (unpaired) electrons. The molecular formula is C15H18BrClFN3. The largest absolute Gasteiger partial charge is 0.313 e. The Morgan fingerprint density at radius 2 is 2.19 bits per heavy atom. The summed E-state index contributed by atoms with van der Waals surface area (Å²) in [5.41, 5.74) is 2.68. The Bertz CT molecular complexity index is 642. The number of hydrogen-bond donors (Lipinski definition) is 1. The van der Waals surface area contributed by atoms with Gasteiger partial charge in [0.2, 0.25) is 0 Å². The van der Waals surface area contributed by atoms with E-state index in [9.17, 15) is 4.39 Å². The van der Waals surface area contributed by atoms with Gasteiger partial charge >= 0.3 is 0 Å². The number of hydrogen-bond acceptors (Lipinski definition) is 2. The molecule has 0 saturated carbocycles. The lowest BCUT2D eigenvalue weighted by Gasteiger charge is -2.18. The van der Waals surface area contributed by atoms with E-state index in [-0.39, 0.29) is 11.9 Å². The van der Waals surface area contributed by atoms with Crippen LogP contribution in [-0.4, -0.2) is 16.8 Å². The van der Waals surface area contributed by atoms with Gasteiger partial charge < -0.3 is 5.32 Å². The van der Waals surface area contributed by atoms with Crippen molar-refractivity contribution in [2.45, 2.75) is 32.9 Å². The lowest BCUT2D eigenvalue weighted by Crippen LogP contribution is -2.21. The monoisotopic (exact) mass is 373 g/mol. The first kappa shape index (κ1) is 16.5. The van der Waals surface area contributed by atoms with Gasteiger partial charge in [-0.3, -0.25) is 4.68 Å². The van der Waals surface area contributed by atoms with Crippen molar-refractivity contribution in [2.24, 2.45) is 0 Å². The molecule has 3 nitrogen and oxygen atoms in total. The number of likely N-dealkylation sites (N-methyl/N-ethyl adjacent to an activating group) is 1. The number of nitrogens with zero attached hydrogens (tertiary/aromatic N) is 2. The van der Waals surface area contributed by atoms with Crippen LogP contribution in [0.1, 0.15) is 29.9 Å². The van der Waals surface area contributed by atoms with E-state index in [0.29, 0.717) is 15.9 Å². The molecule has 0 amide bonds. The second-order valence-corrected chi connectivity index (χ2v) is 6.11. The van der Waals surface area contributed by atoms with E-state index < -0.39 is 0 Å². The van der Waals surface area contributed by atoms with Crippen molar-refractivity contribution >= 4 is 27.5 Å². The van der Waals surface area contributed by atoms with Crippen molar-refractivity contribution in [1.29, 1.82) is 0 Å². The average Bonchev–Trinajstić information content (AvgIpc) is 2.75. The summed E-state index contributed by atoms with van der Waals surface area (Å²) in [6, 6.07) is 5.14. The van der Waals surface area contributed by atoms with Crippen LogP contribution in [0.4, 0.5) is 4.39 Å². The molecule has 2 rings (SSSR count). The fourth-order valence-electron chi connectivity index (χ4n) is 2.37. The highest BCUT2D eigenvalue weighted by Crippen LogP contribution is 2.27. The number of rotatable bonds is 5. The van der Waals surface area contributed by atoms with Crippen molar-refractivity contribution in [1.82, 2.24) is 15.1 Å². The van der Waals surface area contributed by atoms with Crippen LogP contribution in [0.5, 0.6) is 0 Å². The third kappa shape index (κ3) is 3.47. The summed E-state index contributed by atoms with van der Waals surface area (Å²) in [7, 11) is 1.86. The standard InChI is InChI=1S/C15H18BrClFN3/c1-4-21-14(15(17)9(2)20-21)8-13(19-3)10-5-6-11(16)12(18)7-10/h5-7,13,19H,4,8H2,1-3H3. The third-order valence-electron chi connectivity index (χ3n) is 3.54. The number of benzene rings is 1. The first-order valence-corrected chi connectivity index (χ1v) is 7.99. The average molecular weight is 375 g/mol. The third-order valence-corrected chi connectivity index (χ3v) is 4.68. The first-order chi connectivity index (χ1) is 9.97. The quantitative estimate of drug-likeness (QED) is 0.847. The SMILES string of the molecule is CCn1nc(C)c(Cl)c1CC(NC)c1ccc(Br)c(F)c1. The maximum atomic E-state index is 13.7. The van der Waals surface area contributed by atoms with Crippen molar-refractivity contribution in [2.75, 3.05) is 7.05 Å². The molecule has 1 unspecified atom stereocenters. The van der Waals surface area contributed by atoms with Gasteiger partial charge in [-0.05, 0) is 54.5 Å². The van der Waals surface area contributed by atoms with E-state index in [2.05, 4.69) is 26.3 Å². The normalized spacial score (nSPS) is 12.7. The van der Waals surface area contributed by atoms with Gasteiger partial charge in [-0.2, -0.15) is 5.10 Å². The van der Waals surface area contributed by atoms with E-state index in [1.165, 1.54) is 0 Å². The van der Waals surface area contributed by atoms with E-state index in [4.69, 9.17) is 11.6 Å². The molecule has 1 atom stereocenters. The molecule has 0 aliphatic carbocycles. The summed E-state index contributed by atoms with van der Waals surface area (Å²) in [4.78, 5) is 0. The highest BCUT2D eigenvalue weighted by Gasteiger charge is 2.19. The molecule has 1 aromatic heterocycles. The predicted molar refractivity (Wildman–Crippen MR) is 87.3 cm³/mol. The van der Waals surface area contributed by atoms with E-state index in [1.54, 1.807) is 12.1 Å². The zero-order valence-electron chi connectivity index (χ0n) is 12.3. The Kier molecular flexibility index (Phi) is 5.41. The van der Waals surface area contributed by atoms with Crippen molar-refractivity contribution in [3.63, 3.8) is 0 Å². The fourth-order valence-corrected chi connectivity index (χ4v) is 2.83. The molecule has 0 saturated heterocycles. The van der Waals surface area contributed by atoms with Gasteiger partial charge in [0.15, 0.2) is 0 Å². The molecule has 114 valence electrons. The summed E-state index contributed by atoms with van der Waals surface area (Å²) >= 11 is 9.52. The minimum atomic E-state index is -0.265. The van der Waals surface area contributed by atoms with Gasteiger partial charge in [0.25, 0.3) is 0 Å². The number of halogens is 3. The maximum absolute atomic E-state index is 13.7. The summed E-state index contributed by atoms with van der Waals surface area (Å²) in [5.74, 6) is -0.265. The van der Waals surface area contributed by atoms with Gasteiger partial charge in [0, 0.05) is 19.0 Å². The Morgan fingerprint density at radius 1 is 1.48 bits per heavy atom. The zero-order valence-corrected chi connectivity index (χ0v) is 14.6. The minimum Gasteiger partial charge on any atom is -0.313 e. The predicted octanol–water partition coefficient (Wildman–Crippen LogP) is 4.27. The first-order valence-electron chi connectivity index (χ1n) is 6.81. The van der Waals surface area contributed by atoms with Crippen LogP contribution in [0.3, 0.4) is 0 Å². The molecule has 2 aromatic rings. The van der Waals surface area contributed by atoms with Crippen molar-refractivity contribution in [3.8, 4) is 0 Å². The molecule has 6 heteroatoms. The zero-order chi connectivity index (χ0) is 15.6. The number of aromatic nitrogens is 2. The van der Waals surface area contributed by atoms with Crippen LogP contribution < -0.4 is 5.32 Å². The Labute approximate surface area is 137 Å². The second kappa shape index (κ2) is 6.90. The second-order valence-electron chi connectivity index (χ2n) is 4.88. The minimum absolute atomic E-state index is 0.0218. The van der Waals surface area contributed by atoms with Crippen LogP contribution in [0.15, 0.2) is 22.7 Å². The topological polar surface area (TPSA) is 29.9 Å². The Balaban J connectivity index is 2.33. The van der Waals surface area contributed by atoms with E-state index in [1.807, 2.05) is 31.6 Å². The van der Waals surface area contributed by atoms with Gasteiger partial charge in [-0.15, -0.1) is 0 Å². The highest BCUT2D eigenvalue weighted by molar-refractivity contribution is 9.10. The van der Waals surface area contributed by atoms with Crippen molar-refractivity contribution in [3.05, 3.63) is 50.5 Å². The number of nitrogens with one attached hydrogen (secondary N) is 1. The molecule has 1 heterocycles. The molecule has 0 fully saturated rings.